The maximum absolute atomic E-state index is 13.7. The average molecular weight is 557 g/mol. The van der Waals surface area contributed by atoms with Crippen LogP contribution in [0.15, 0.2) is 90.5 Å². The summed E-state index contributed by atoms with van der Waals surface area (Å²) in [5, 5.41) is 1.84. The van der Waals surface area contributed by atoms with Crippen molar-refractivity contribution in [2.45, 2.75) is 19.8 Å². The lowest BCUT2D eigenvalue weighted by Crippen LogP contribution is -2.52. The highest BCUT2D eigenvalue weighted by molar-refractivity contribution is 6.34. The van der Waals surface area contributed by atoms with Crippen molar-refractivity contribution in [3.63, 3.8) is 0 Å². The number of hydrogen-bond acceptors (Lipinski definition) is 6. The minimum atomic E-state index is -0.739. The number of Topliss-reactive ketones (excluding diaryl/α,β-unsaturated/α-hetero) is 1. The van der Waals surface area contributed by atoms with E-state index in [4.69, 9.17) is 16.3 Å². The van der Waals surface area contributed by atoms with E-state index in [1.807, 2.05) is 13.0 Å². The summed E-state index contributed by atoms with van der Waals surface area (Å²) in [6.45, 7) is 1.32. The fraction of sp³-hybridized carbons (Fsp3) is 0.194. The molecule has 0 unspecified atom stereocenters. The Morgan fingerprint density at radius 2 is 1.52 bits per heavy atom. The van der Waals surface area contributed by atoms with Crippen molar-refractivity contribution in [2.75, 3.05) is 6.54 Å². The minimum absolute atomic E-state index is 0.0601. The quantitative estimate of drug-likeness (QED) is 0.131. The van der Waals surface area contributed by atoms with Crippen LogP contribution in [0.25, 0.3) is 0 Å². The molecule has 0 saturated carbocycles. The molecule has 2 aliphatic rings. The van der Waals surface area contributed by atoms with Crippen molar-refractivity contribution < 1.29 is 28.7 Å². The van der Waals surface area contributed by atoms with E-state index in [9.17, 15) is 24.0 Å². The van der Waals surface area contributed by atoms with E-state index in [1.54, 1.807) is 42.5 Å². The van der Waals surface area contributed by atoms with Crippen LogP contribution >= 0.6 is 11.6 Å². The summed E-state index contributed by atoms with van der Waals surface area (Å²) in [7, 11) is 0. The third kappa shape index (κ3) is 5.31. The van der Waals surface area contributed by atoms with E-state index < -0.39 is 47.9 Å². The molecule has 8 nitrogen and oxygen atoms in total. The highest BCUT2D eigenvalue weighted by Gasteiger charge is 2.51. The predicted octanol–water partition coefficient (Wildman–Crippen LogP) is 5.14. The van der Waals surface area contributed by atoms with E-state index in [1.165, 1.54) is 36.4 Å². The van der Waals surface area contributed by atoms with Crippen molar-refractivity contribution in [1.82, 2.24) is 10.0 Å². The van der Waals surface area contributed by atoms with Crippen molar-refractivity contribution in [3.8, 4) is 5.75 Å². The maximum atomic E-state index is 13.7. The van der Waals surface area contributed by atoms with E-state index in [-0.39, 0.29) is 21.9 Å². The number of ketones is 1. The number of ether oxygens (including phenoxy) is 1. The van der Waals surface area contributed by atoms with Gasteiger partial charge in [-0.05, 0) is 68.3 Å². The van der Waals surface area contributed by atoms with Crippen LogP contribution in [0.1, 0.15) is 50.8 Å². The Labute approximate surface area is 235 Å². The normalized spacial score (nSPS) is 18.1. The van der Waals surface area contributed by atoms with Crippen LogP contribution in [-0.4, -0.2) is 46.0 Å². The highest BCUT2D eigenvalue weighted by Crippen LogP contribution is 2.39. The Hall–Kier alpha value is -4.56. The van der Waals surface area contributed by atoms with Gasteiger partial charge in [-0.1, -0.05) is 53.6 Å². The first-order valence-corrected chi connectivity index (χ1v) is 13.1. The Morgan fingerprint density at radius 3 is 2.23 bits per heavy atom. The molecule has 3 amide bonds. The molecule has 0 bridgehead atoms. The van der Waals surface area contributed by atoms with E-state index in [2.05, 4.69) is 0 Å². The first-order chi connectivity index (χ1) is 19.2. The second kappa shape index (κ2) is 11.3. The molecule has 1 aliphatic heterocycles. The molecule has 1 saturated heterocycles. The lowest BCUT2D eigenvalue weighted by Gasteiger charge is -2.30. The molecular formula is C31H25ClN2O6. The zero-order chi connectivity index (χ0) is 28.4. The predicted molar refractivity (Wildman–Crippen MR) is 146 cm³/mol. The molecule has 40 heavy (non-hydrogen) atoms. The lowest BCUT2D eigenvalue weighted by atomic mass is 9.82. The third-order valence-electron chi connectivity index (χ3n) is 7.07. The van der Waals surface area contributed by atoms with Gasteiger partial charge >= 0.3 is 5.97 Å². The number of amides is 3. The van der Waals surface area contributed by atoms with Crippen LogP contribution in [0.2, 0.25) is 5.02 Å². The number of imide groups is 1. The summed E-state index contributed by atoms with van der Waals surface area (Å²) < 4.78 is 5.37. The lowest BCUT2D eigenvalue weighted by molar-refractivity contribution is -0.154. The smallest absolute Gasteiger partial charge is 0.343 e. The third-order valence-corrected chi connectivity index (χ3v) is 7.40. The Bertz CT molecular complexity index is 1530. The summed E-state index contributed by atoms with van der Waals surface area (Å²) >= 11 is 6.27. The molecule has 0 radical (unpaired) electrons. The number of benzene rings is 3. The second-order valence-corrected chi connectivity index (χ2v) is 10.1. The number of nitrogens with zero attached hydrogens (tertiary/aromatic N) is 2. The van der Waals surface area contributed by atoms with Gasteiger partial charge in [-0.3, -0.25) is 19.2 Å². The number of hydrazine groups is 1. The molecule has 2 atom stereocenters. The molecule has 202 valence electrons. The Morgan fingerprint density at radius 1 is 0.875 bits per heavy atom. The topological polar surface area (TPSA) is 101 Å². The number of hydrogen-bond donors (Lipinski definition) is 0. The number of carbonyl (C=O) groups is 5. The molecule has 1 aliphatic carbocycles. The Balaban J connectivity index is 1.39. The van der Waals surface area contributed by atoms with Gasteiger partial charge in [0.1, 0.15) is 12.3 Å². The van der Waals surface area contributed by atoms with Gasteiger partial charge in [0.2, 0.25) is 0 Å². The molecule has 3 aromatic rings. The fourth-order valence-electron chi connectivity index (χ4n) is 4.94. The van der Waals surface area contributed by atoms with Crippen LogP contribution in [0.5, 0.6) is 5.75 Å². The minimum Gasteiger partial charge on any atom is -0.423 e. The number of rotatable bonds is 7. The van der Waals surface area contributed by atoms with Gasteiger partial charge in [0.15, 0.2) is 5.78 Å². The fourth-order valence-corrected chi connectivity index (χ4v) is 5.16. The standard InChI is InChI=1S/C31H25ClN2O6/c1-19-11-16-23-25(17-19)30(38)34(29(23)37)33(28(36)24-9-5-6-10-26(24)32)18-27(35)20-12-14-22(15-13-20)40-31(39)21-7-3-2-4-8-21/h2-15,23,25H,16-18H2,1H3/t23-,25+/m0/s1. The summed E-state index contributed by atoms with van der Waals surface area (Å²) in [5.74, 6) is -3.80. The number of allylic oxidation sites excluding steroid dienone is 2. The van der Waals surface area contributed by atoms with Crippen molar-refractivity contribution in [1.29, 1.82) is 0 Å². The SMILES string of the molecule is CC1=CC[C@@H]2C(=O)N(N(CC(=O)c3ccc(OC(=O)c4ccccc4)cc3)C(=O)c3ccccc3Cl)C(=O)[C@@H]2C1. The Kier molecular flexibility index (Phi) is 7.62. The van der Waals surface area contributed by atoms with Gasteiger partial charge in [-0.2, -0.15) is 5.01 Å². The van der Waals surface area contributed by atoms with Crippen molar-refractivity contribution in [2.24, 2.45) is 11.8 Å². The van der Waals surface area contributed by atoms with Crippen molar-refractivity contribution in [3.05, 3.63) is 112 Å². The van der Waals surface area contributed by atoms with Gasteiger partial charge in [-0.25, -0.2) is 9.80 Å². The number of esters is 1. The number of halogens is 1. The molecule has 0 spiro atoms. The van der Waals surface area contributed by atoms with Crippen LogP contribution in [0.3, 0.4) is 0 Å². The molecule has 0 aromatic heterocycles. The zero-order valence-corrected chi connectivity index (χ0v) is 22.3. The van der Waals surface area contributed by atoms with Crippen molar-refractivity contribution >= 4 is 41.1 Å². The number of fused-ring (bicyclic) bond motifs is 1. The van der Waals surface area contributed by atoms with E-state index >= 15 is 0 Å². The first-order valence-electron chi connectivity index (χ1n) is 12.7. The van der Waals surface area contributed by atoms with Gasteiger partial charge < -0.3 is 4.74 Å². The van der Waals surface area contributed by atoms with Gasteiger partial charge in [0.05, 0.1) is 28.0 Å². The summed E-state index contributed by atoms with van der Waals surface area (Å²) in [6.07, 6.45) is 2.73. The molecule has 3 aromatic carbocycles. The zero-order valence-electron chi connectivity index (χ0n) is 21.6. The second-order valence-electron chi connectivity index (χ2n) is 9.74. The molecular weight excluding hydrogens is 532 g/mol. The van der Waals surface area contributed by atoms with Crippen LogP contribution in [-0.2, 0) is 9.59 Å². The van der Waals surface area contributed by atoms with E-state index in [0.717, 1.165) is 15.6 Å². The molecule has 1 fully saturated rings. The summed E-state index contributed by atoms with van der Waals surface area (Å²) in [6, 6.07) is 20.5. The highest BCUT2D eigenvalue weighted by atomic mass is 35.5. The van der Waals surface area contributed by atoms with Crippen LogP contribution in [0, 0.1) is 11.8 Å². The molecule has 0 N–H and O–H groups in total. The molecule has 9 heteroatoms. The van der Waals surface area contributed by atoms with Gasteiger partial charge in [-0.15, -0.1) is 0 Å². The maximum Gasteiger partial charge on any atom is 0.343 e. The summed E-state index contributed by atoms with van der Waals surface area (Å²) in [4.78, 5) is 66.2. The molecule has 1 heterocycles. The van der Waals surface area contributed by atoms with Gasteiger partial charge in [0.25, 0.3) is 17.7 Å². The number of carbonyl (C=O) groups excluding carboxylic acids is 5. The van der Waals surface area contributed by atoms with Crippen LogP contribution in [0.4, 0.5) is 0 Å². The largest absolute Gasteiger partial charge is 0.423 e. The van der Waals surface area contributed by atoms with E-state index in [0.29, 0.717) is 18.4 Å². The molecule has 5 rings (SSSR count). The monoisotopic (exact) mass is 556 g/mol. The van der Waals surface area contributed by atoms with Crippen LogP contribution < -0.4 is 4.74 Å². The first kappa shape index (κ1) is 27.0. The average Bonchev–Trinajstić information content (AvgIpc) is 3.20. The summed E-state index contributed by atoms with van der Waals surface area (Å²) in [5.41, 5.74) is 1.63. The van der Waals surface area contributed by atoms with Gasteiger partial charge in [0, 0.05) is 5.56 Å².